The molecule has 1 aliphatic rings. The van der Waals surface area contributed by atoms with Crippen molar-refractivity contribution in [3.63, 3.8) is 0 Å². The van der Waals surface area contributed by atoms with Crippen molar-refractivity contribution in [3.8, 4) is 11.5 Å². The van der Waals surface area contributed by atoms with Gasteiger partial charge in [-0.05, 0) is 36.3 Å². The second-order valence-corrected chi connectivity index (χ2v) is 18.3. The summed E-state index contributed by atoms with van der Waals surface area (Å²) in [5.74, 6) is -0.0787. The summed E-state index contributed by atoms with van der Waals surface area (Å²) in [7, 11) is -4.85. The standard InChI is InChI=1S/C28H33N8O11PSi/c1-28(2,3)49(4,5)43-14-23-22(13-24(44-23)33-16-32-25-26(29)30-15-31-27(25)33)47-48(45-19-9-6-17(7-10-19)34(37)38)46-21-11-8-18(35(39)40)12-20(21)36(41)42/h6-12,15-16,22-24H,13-14H2,1-5H3,(H2,29,30,31)/t22-,23+,24+,48?/m0/s1. The molecule has 0 saturated carbocycles. The van der Waals surface area contributed by atoms with Gasteiger partial charge in [0.2, 0.25) is 5.75 Å². The van der Waals surface area contributed by atoms with E-state index in [1.807, 2.05) is 0 Å². The molecular weight excluding hydrogens is 683 g/mol. The molecule has 19 nitrogen and oxygen atoms in total. The molecule has 1 aliphatic heterocycles. The van der Waals surface area contributed by atoms with E-state index in [4.69, 9.17) is 28.5 Å². The lowest BCUT2D eigenvalue weighted by atomic mass is 10.2. The maximum atomic E-state index is 11.9. The summed E-state index contributed by atoms with van der Waals surface area (Å²) in [6, 6.07) is 7.93. The number of rotatable bonds is 13. The smallest absolute Gasteiger partial charge is 0.418 e. The van der Waals surface area contributed by atoms with Crippen LogP contribution in [0.15, 0.2) is 55.1 Å². The van der Waals surface area contributed by atoms with Crippen LogP contribution in [-0.4, -0.2) is 61.4 Å². The van der Waals surface area contributed by atoms with Crippen LogP contribution in [0.4, 0.5) is 22.9 Å². The minimum atomic E-state index is -2.56. The number of imidazole rings is 1. The Bertz CT molecular complexity index is 1870. The Labute approximate surface area is 280 Å². The van der Waals surface area contributed by atoms with Crippen LogP contribution >= 0.6 is 8.60 Å². The highest BCUT2D eigenvalue weighted by molar-refractivity contribution is 7.42. The second-order valence-electron chi connectivity index (χ2n) is 12.5. The summed E-state index contributed by atoms with van der Waals surface area (Å²) in [6.45, 7) is 10.6. The fraction of sp³-hybridized carbons (Fsp3) is 0.393. The van der Waals surface area contributed by atoms with Gasteiger partial charge in [-0.2, -0.15) is 0 Å². The third kappa shape index (κ3) is 7.89. The first-order chi connectivity index (χ1) is 23.0. The quantitative estimate of drug-likeness (QED) is 0.0699. The van der Waals surface area contributed by atoms with Gasteiger partial charge in [0.1, 0.15) is 36.0 Å². The summed E-state index contributed by atoms with van der Waals surface area (Å²) >= 11 is 0. The van der Waals surface area contributed by atoms with E-state index in [9.17, 15) is 30.3 Å². The van der Waals surface area contributed by atoms with Crippen LogP contribution in [0, 0.1) is 30.3 Å². The number of non-ortho nitro benzene ring substituents is 2. The Morgan fingerprint density at radius 2 is 1.65 bits per heavy atom. The number of nitrogen functional groups attached to an aromatic ring is 1. The van der Waals surface area contributed by atoms with Gasteiger partial charge in [-0.15, -0.1) is 0 Å². The van der Waals surface area contributed by atoms with Crippen LogP contribution in [0.5, 0.6) is 11.5 Å². The van der Waals surface area contributed by atoms with Gasteiger partial charge in [0.05, 0.1) is 33.8 Å². The molecule has 0 aliphatic carbocycles. The highest BCUT2D eigenvalue weighted by Crippen LogP contribution is 2.49. The van der Waals surface area contributed by atoms with Gasteiger partial charge in [0.15, 0.2) is 19.8 Å². The molecule has 2 aromatic carbocycles. The third-order valence-electron chi connectivity index (χ3n) is 8.26. The zero-order valence-electron chi connectivity index (χ0n) is 27.0. The van der Waals surface area contributed by atoms with E-state index < -0.39 is 61.5 Å². The number of nitrogens with two attached hydrogens (primary N) is 1. The lowest BCUT2D eigenvalue weighted by Gasteiger charge is -2.37. The average molecular weight is 717 g/mol. The number of nitro benzene ring substituents is 3. The summed E-state index contributed by atoms with van der Waals surface area (Å²) in [4.78, 5) is 44.9. The minimum Gasteiger partial charge on any atom is -0.418 e. The first kappa shape index (κ1) is 35.4. The van der Waals surface area contributed by atoms with Crippen LogP contribution in [0.3, 0.4) is 0 Å². The molecule has 1 saturated heterocycles. The number of fused-ring (bicyclic) bond motifs is 1. The van der Waals surface area contributed by atoms with Crippen LogP contribution in [0.25, 0.3) is 11.2 Å². The largest absolute Gasteiger partial charge is 0.463 e. The number of aromatic nitrogens is 4. The summed E-state index contributed by atoms with van der Waals surface area (Å²) < 4.78 is 32.9. The average Bonchev–Trinajstić information content (AvgIpc) is 3.64. The Morgan fingerprint density at radius 1 is 0.980 bits per heavy atom. The van der Waals surface area contributed by atoms with Crippen LogP contribution in [-0.2, 0) is 13.7 Å². The predicted molar refractivity (Wildman–Crippen MR) is 177 cm³/mol. The third-order valence-corrected chi connectivity index (χ3v) is 13.9. The molecule has 2 N–H and O–H groups in total. The molecule has 3 heterocycles. The van der Waals surface area contributed by atoms with Crippen molar-refractivity contribution in [1.29, 1.82) is 0 Å². The van der Waals surface area contributed by atoms with Gasteiger partial charge >= 0.3 is 14.3 Å². The van der Waals surface area contributed by atoms with Gasteiger partial charge in [-0.1, -0.05) is 20.8 Å². The molecule has 2 aromatic heterocycles. The van der Waals surface area contributed by atoms with Gasteiger partial charge in [-0.3, -0.25) is 39.4 Å². The van der Waals surface area contributed by atoms with Crippen molar-refractivity contribution in [1.82, 2.24) is 19.5 Å². The molecule has 5 rings (SSSR count). The molecule has 21 heteroatoms. The number of benzene rings is 2. The number of anilines is 1. The van der Waals surface area contributed by atoms with Crippen LogP contribution in [0.1, 0.15) is 33.4 Å². The van der Waals surface area contributed by atoms with E-state index in [2.05, 4.69) is 48.8 Å². The van der Waals surface area contributed by atoms with Crippen LogP contribution in [0.2, 0.25) is 18.1 Å². The molecule has 4 aromatic rings. The maximum Gasteiger partial charge on any atom is 0.463 e. The maximum absolute atomic E-state index is 11.9. The van der Waals surface area contributed by atoms with Crippen molar-refractivity contribution in [3.05, 3.63) is 85.5 Å². The molecule has 0 bridgehead atoms. The normalized spacial score (nSPS) is 18.7. The number of ether oxygens (including phenoxy) is 1. The lowest BCUT2D eigenvalue weighted by Crippen LogP contribution is -2.44. The predicted octanol–water partition coefficient (Wildman–Crippen LogP) is 6.21. The Kier molecular flexibility index (Phi) is 10.1. The molecular formula is C28H33N8O11PSi. The molecule has 260 valence electrons. The van der Waals surface area contributed by atoms with Gasteiger partial charge in [0, 0.05) is 24.6 Å². The van der Waals surface area contributed by atoms with E-state index in [-0.39, 0.29) is 41.1 Å². The van der Waals surface area contributed by atoms with Crippen LogP contribution < -0.4 is 14.8 Å². The molecule has 49 heavy (non-hydrogen) atoms. The monoisotopic (exact) mass is 716 g/mol. The Hall–Kier alpha value is -4.88. The minimum absolute atomic E-state index is 0.0959. The van der Waals surface area contributed by atoms with E-state index in [0.29, 0.717) is 11.2 Å². The summed E-state index contributed by atoms with van der Waals surface area (Å²) in [5.41, 5.74) is 5.38. The lowest BCUT2D eigenvalue weighted by molar-refractivity contribution is -0.394. The van der Waals surface area contributed by atoms with E-state index in [1.54, 1.807) is 4.57 Å². The van der Waals surface area contributed by atoms with E-state index in [0.717, 1.165) is 18.2 Å². The first-order valence-corrected chi connectivity index (χ1v) is 18.8. The Morgan fingerprint density at radius 3 is 2.29 bits per heavy atom. The van der Waals surface area contributed by atoms with Crippen molar-refractivity contribution < 1.29 is 37.5 Å². The van der Waals surface area contributed by atoms with Gasteiger partial charge in [0.25, 0.3) is 11.4 Å². The number of nitrogens with zero attached hydrogens (tertiary/aromatic N) is 7. The number of nitro groups is 3. The summed E-state index contributed by atoms with van der Waals surface area (Å²) in [5, 5.41) is 34.3. The molecule has 1 fully saturated rings. The molecule has 0 spiro atoms. The zero-order chi connectivity index (χ0) is 35.7. The molecule has 0 amide bonds. The SMILES string of the molecule is CC(C)(C)[Si](C)(C)OC[C@H]1O[C@@H](n2cnc3c(N)ncnc32)C[C@@H]1OP(Oc1ccc([N+](=O)[O-])cc1)Oc1ccc([N+](=O)[O-])cc1[N+](=O)[O-]. The molecule has 4 atom stereocenters. The first-order valence-electron chi connectivity index (χ1n) is 14.8. The molecule has 0 radical (unpaired) electrons. The highest BCUT2D eigenvalue weighted by Gasteiger charge is 2.44. The van der Waals surface area contributed by atoms with E-state index >= 15 is 0 Å². The molecule has 1 unspecified atom stereocenters. The second kappa shape index (κ2) is 13.9. The zero-order valence-corrected chi connectivity index (χ0v) is 28.9. The van der Waals surface area contributed by atoms with Gasteiger partial charge < -0.3 is 23.9 Å². The fourth-order valence-electron chi connectivity index (χ4n) is 4.53. The number of hydrogen-bond acceptors (Lipinski definition) is 15. The summed E-state index contributed by atoms with van der Waals surface area (Å²) in [6.07, 6.45) is 0.821. The van der Waals surface area contributed by atoms with Crippen molar-refractivity contribution >= 4 is 51.0 Å². The highest BCUT2D eigenvalue weighted by atomic mass is 31.2. The van der Waals surface area contributed by atoms with Crippen molar-refractivity contribution in [2.75, 3.05) is 12.3 Å². The van der Waals surface area contributed by atoms with Crippen molar-refractivity contribution in [2.24, 2.45) is 0 Å². The topological polar surface area (TPSA) is 245 Å². The number of hydrogen-bond donors (Lipinski definition) is 1. The van der Waals surface area contributed by atoms with Gasteiger partial charge in [-0.25, -0.2) is 15.0 Å². The van der Waals surface area contributed by atoms with Crippen molar-refractivity contribution in [2.45, 2.75) is 63.8 Å². The fourth-order valence-corrected chi connectivity index (χ4v) is 6.72. The van der Waals surface area contributed by atoms with E-state index in [1.165, 1.54) is 36.9 Å². The Balaban J connectivity index is 1.49.